The van der Waals surface area contributed by atoms with Gasteiger partial charge in [0.2, 0.25) is 0 Å². The van der Waals surface area contributed by atoms with Crippen LogP contribution in [0.5, 0.6) is 28.7 Å². The van der Waals surface area contributed by atoms with Crippen molar-refractivity contribution in [3.05, 3.63) is 99.7 Å². The summed E-state index contributed by atoms with van der Waals surface area (Å²) in [5.74, 6) is 2.32. The average Bonchev–Trinajstić information content (AvgIpc) is 3.56. The number of aliphatic hydroxyl groups is 2. The monoisotopic (exact) mass is 633 g/mol. The Balaban J connectivity index is 1.24. The summed E-state index contributed by atoms with van der Waals surface area (Å²) in [6, 6.07) is 17.9. The number of fused-ring (bicyclic) bond motifs is 9. The summed E-state index contributed by atoms with van der Waals surface area (Å²) < 4.78 is 18.8. The number of hydrogen-bond acceptors (Lipinski definition) is 7. The Morgan fingerprint density at radius 1 is 0.957 bits per heavy atom. The van der Waals surface area contributed by atoms with Gasteiger partial charge in [0.05, 0.1) is 19.8 Å². The molecule has 5 aromatic rings. The van der Waals surface area contributed by atoms with Gasteiger partial charge in [-0.05, 0) is 126 Å². The molecule has 8 rings (SSSR count). The number of phenolic OH excluding ortho intramolecular Hbond substituents is 2. The van der Waals surface area contributed by atoms with E-state index in [1.165, 1.54) is 18.1 Å². The average molecular weight is 634 g/mol. The largest absolute Gasteiger partial charge is 0.508 e. The van der Waals surface area contributed by atoms with Crippen molar-refractivity contribution in [2.24, 2.45) is 0 Å². The van der Waals surface area contributed by atoms with Crippen molar-refractivity contribution in [3.63, 3.8) is 0 Å². The molecular weight excluding hydrogens is 594 g/mol. The molecule has 3 atom stereocenters. The van der Waals surface area contributed by atoms with E-state index in [1.807, 2.05) is 24.4 Å². The van der Waals surface area contributed by atoms with E-state index in [0.29, 0.717) is 42.7 Å². The summed E-state index contributed by atoms with van der Waals surface area (Å²) in [6.07, 6.45) is 4.97. The minimum Gasteiger partial charge on any atom is -0.508 e. The highest BCUT2D eigenvalue weighted by Gasteiger charge is 2.40. The molecule has 4 aromatic carbocycles. The highest BCUT2D eigenvalue weighted by Crippen LogP contribution is 2.55. The molecule has 0 unspecified atom stereocenters. The molecule has 242 valence electrons. The number of aryl methyl sites for hydroxylation is 1. The van der Waals surface area contributed by atoms with Crippen molar-refractivity contribution < 1.29 is 34.6 Å². The first-order valence-corrected chi connectivity index (χ1v) is 16.5. The number of nitrogens with one attached hydrogen (secondary N) is 1. The molecule has 0 amide bonds. The molecule has 3 heterocycles. The first kappa shape index (κ1) is 29.7. The van der Waals surface area contributed by atoms with Gasteiger partial charge in [-0.1, -0.05) is 12.1 Å². The molecule has 1 aliphatic carbocycles. The second-order valence-electron chi connectivity index (χ2n) is 13.1. The van der Waals surface area contributed by atoms with Crippen LogP contribution < -0.4 is 14.2 Å². The first-order chi connectivity index (χ1) is 22.9. The van der Waals surface area contributed by atoms with E-state index >= 15 is 0 Å². The third kappa shape index (κ3) is 5.07. The van der Waals surface area contributed by atoms with Gasteiger partial charge >= 0.3 is 0 Å². The van der Waals surface area contributed by atoms with Crippen LogP contribution in [-0.2, 0) is 32.1 Å². The van der Waals surface area contributed by atoms with E-state index in [-0.39, 0.29) is 24.0 Å². The van der Waals surface area contributed by atoms with Crippen LogP contribution in [0.15, 0.2) is 60.8 Å². The molecule has 0 radical (unpaired) electrons. The second-order valence-corrected chi connectivity index (χ2v) is 13.1. The standard InChI is InChI=1S/C39H39NO7/c1-45-34-18-25(16-23(36(34)44)4-2-12-41)37-33(43)20-31-30-17-24(15-21-6-9-32-22(14-21)10-11-40-32)29-19-26(42)7-8-27(29)35(30)39-28(38(31)47-37)5-3-13-46-39/h6-11,14,16,18-19,24,33,37,40-44H,2-5,12-13,15,17,20H2,1H3/t24-,33-,37-/m1/s1. The predicted octanol–water partition coefficient (Wildman–Crippen LogP) is 6.42. The fraction of sp³-hybridized carbons (Fsp3) is 0.333. The van der Waals surface area contributed by atoms with Crippen LogP contribution in [0.2, 0.25) is 0 Å². The Morgan fingerprint density at radius 2 is 1.85 bits per heavy atom. The predicted molar refractivity (Wildman–Crippen MR) is 179 cm³/mol. The van der Waals surface area contributed by atoms with Gasteiger partial charge in [0.25, 0.3) is 0 Å². The van der Waals surface area contributed by atoms with Gasteiger partial charge in [-0.2, -0.15) is 0 Å². The molecule has 47 heavy (non-hydrogen) atoms. The van der Waals surface area contributed by atoms with Crippen LogP contribution in [0, 0.1) is 0 Å². The lowest BCUT2D eigenvalue weighted by molar-refractivity contribution is 0.0190. The number of aromatic nitrogens is 1. The molecule has 0 bridgehead atoms. The summed E-state index contributed by atoms with van der Waals surface area (Å²) in [4.78, 5) is 3.28. The number of aliphatic hydroxyl groups excluding tert-OH is 2. The fourth-order valence-corrected chi connectivity index (χ4v) is 7.99. The van der Waals surface area contributed by atoms with Crippen LogP contribution >= 0.6 is 0 Å². The summed E-state index contributed by atoms with van der Waals surface area (Å²) in [5, 5.41) is 43.8. The van der Waals surface area contributed by atoms with Crippen molar-refractivity contribution in [1.29, 1.82) is 0 Å². The minimum atomic E-state index is -0.843. The molecule has 0 spiro atoms. The van der Waals surface area contributed by atoms with E-state index in [2.05, 4.69) is 29.2 Å². The lowest BCUT2D eigenvalue weighted by Crippen LogP contribution is -2.33. The molecule has 0 saturated carbocycles. The number of benzene rings is 4. The van der Waals surface area contributed by atoms with Crippen molar-refractivity contribution in [2.75, 3.05) is 20.3 Å². The first-order valence-electron chi connectivity index (χ1n) is 16.5. The van der Waals surface area contributed by atoms with Crippen LogP contribution in [-0.4, -0.2) is 51.8 Å². The maximum absolute atomic E-state index is 11.8. The van der Waals surface area contributed by atoms with Crippen LogP contribution in [0.25, 0.3) is 22.0 Å². The normalized spacial score (nSPS) is 19.6. The smallest absolute Gasteiger partial charge is 0.161 e. The molecule has 0 saturated heterocycles. The third-order valence-electron chi connectivity index (χ3n) is 10.2. The topological polar surface area (TPSA) is 124 Å². The van der Waals surface area contributed by atoms with Crippen molar-refractivity contribution >= 4 is 10.9 Å². The number of rotatable bonds is 7. The summed E-state index contributed by atoms with van der Waals surface area (Å²) in [7, 11) is 1.51. The summed E-state index contributed by atoms with van der Waals surface area (Å²) in [5.41, 5.74) is 10.1. The number of H-pyrrole nitrogens is 1. The van der Waals surface area contributed by atoms with Crippen LogP contribution in [0.1, 0.15) is 63.8 Å². The Hall–Kier alpha value is -4.66. The molecule has 1 aromatic heterocycles. The molecule has 0 fully saturated rings. The number of phenols is 2. The maximum atomic E-state index is 11.8. The second kappa shape index (κ2) is 11.9. The van der Waals surface area contributed by atoms with E-state index in [1.54, 1.807) is 12.1 Å². The lowest BCUT2D eigenvalue weighted by Gasteiger charge is -2.39. The molecule has 8 heteroatoms. The summed E-state index contributed by atoms with van der Waals surface area (Å²) >= 11 is 0. The Bertz CT molecular complexity index is 2000. The Kier molecular flexibility index (Phi) is 7.50. The van der Waals surface area contributed by atoms with Gasteiger partial charge in [-0.3, -0.25) is 0 Å². The van der Waals surface area contributed by atoms with Crippen molar-refractivity contribution in [1.82, 2.24) is 4.98 Å². The van der Waals surface area contributed by atoms with Gasteiger partial charge in [0.15, 0.2) is 11.5 Å². The number of ether oxygens (including phenoxy) is 3. The zero-order chi connectivity index (χ0) is 32.2. The number of aromatic hydroxyl groups is 2. The molecule has 5 N–H and O–H groups in total. The number of hydrogen-bond donors (Lipinski definition) is 5. The zero-order valence-electron chi connectivity index (χ0n) is 26.4. The quantitative estimate of drug-likeness (QED) is 0.140. The van der Waals surface area contributed by atoms with Crippen molar-refractivity contribution in [3.8, 4) is 39.9 Å². The molecular formula is C39H39NO7. The highest BCUT2D eigenvalue weighted by atomic mass is 16.5. The maximum Gasteiger partial charge on any atom is 0.161 e. The van der Waals surface area contributed by atoms with Gasteiger partial charge in [0.1, 0.15) is 23.4 Å². The Labute approximate surface area is 273 Å². The van der Waals surface area contributed by atoms with E-state index in [0.717, 1.165) is 76.1 Å². The van der Waals surface area contributed by atoms with E-state index in [9.17, 15) is 20.4 Å². The van der Waals surface area contributed by atoms with Gasteiger partial charge in [-0.25, -0.2) is 0 Å². The Morgan fingerprint density at radius 3 is 2.70 bits per heavy atom. The van der Waals surface area contributed by atoms with Crippen LogP contribution in [0.4, 0.5) is 0 Å². The minimum absolute atomic E-state index is 0.00360. The zero-order valence-corrected chi connectivity index (χ0v) is 26.4. The molecule has 8 nitrogen and oxygen atoms in total. The highest BCUT2D eigenvalue weighted by molar-refractivity contribution is 5.85. The van der Waals surface area contributed by atoms with Gasteiger partial charge in [-0.15, -0.1) is 0 Å². The van der Waals surface area contributed by atoms with Gasteiger partial charge < -0.3 is 39.6 Å². The van der Waals surface area contributed by atoms with Crippen molar-refractivity contribution in [2.45, 2.75) is 63.1 Å². The third-order valence-corrected chi connectivity index (χ3v) is 10.2. The van der Waals surface area contributed by atoms with Crippen LogP contribution in [0.3, 0.4) is 0 Å². The number of aromatic amines is 1. The van der Waals surface area contributed by atoms with Gasteiger partial charge in [0, 0.05) is 41.4 Å². The van der Waals surface area contributed by atoms with E-state index < -0.39 is 12.2 Å². The number of methoxy groups -OCH3 is 1. The lowest BCUT2D eigenvalue weighted by atomic mass is 9.72. The molecule has 3 aliphatic rings. The fourth-order valence-electron chi connectivity index (χ4n) is 7.99. The summed E-state index contributed by atoms with van der Waals surface area (Å²) in [6.45, 7) is 0.616. The van der Waals surface area contributed by atoms with E-state index in [4.69, 9.17) is 14.2 Å². The SMILES string of the molecule is COc1cc([C@H]2Oc3c(c4c(c5c3CCCO5)-c3ccc(O)cc3[C@H](Cc3ccc5[nH]ccc5c3)C4)C[C@H]2O)cc(CCCO)c1O. The molecule has 2 aliphatic heterocycles.